The number of aliphatic hydroxyl groups excluding tert-OH is 3. The molecule has 3 N–H and O–H groups in total. The Hall–Kier alpha value is -2.46. The Labute approximate surface area is 174 Å². The van der Waals surface area contributed by atoms with Gasteiger partial charge in [-0.15, -0.1) is 0 Å². The predicted octanol–water partition coefficient (Wildman–Crippen LogP) is 5.35. The second kappa shape index (κ2) is 12.2. The Morgan fingerprint density at radius 1 is 0.966 bits per heavy atom. The van der Waals surface area contributed by atoms with E-state index in [0.717, 1.165) is 52.7 Å². The van der Waals surface area contributed by atoms with E-state index in [4.69, 9.17) is 0 Å². The van der Waals surface area contributed by atoms with Gasteiger partial charge >= 0.3 is 0 Å². The van der Waals surface area contributed by atoms with Crippen LogP contribution in [0.3, 0.4) is 0 Å². The molecular formula is C26H32O3. The first-order chi connectivity index (χ1) is 14.1. The van der Waals surface area contributed by atoms with Crippen molar-refractivity contribution in [3.05, 3.63) is 88.5 Å². The highest BCUT2D eigenvalue weighted by Crippen LogP contribution is 2.19. The molecule has 0 radical (unpaired) electrons. The zero-order valence-electron chi connectivity index (χ0n) is 17.4. The minimum absolute atomic E-state index is 0.0718. The number of aliphatic hydroxyl groups is 3. The van der Waals surface area contributed by atoms with Crippen molar-refractivity contribution in [2.75, 3.05) is 0 Å². The topological polar surface area (TPSA) is 60.7 Å². The fourth-order valence-electron chi connectivity index (χ4n) is 3.06. The minimum Gasteiger partial charge on any atom is -0.392 e. The highest BCUT2D eigenvalue weighted by atomic mass is 16.3. The maximum Gasteiger partial charge on any atom is 0.0723 e. The molecule has 2 aromatic carbocycles. The first-order valence-electron chi connectivity index (χ1n) is 10.2. The quantitative estimate of drug-likeness (QED) is 0.377. The van der Waals surface area contributed by atoms with Crippen molar-refractivity contribution in [1.82, 2.24) is 0 Å². The summed E-state index contributed by atoms with van der Waals surface area (Å²) in [7, 11) is 0. The van der Waals surface area contributed by atoms with Crippen LogP contribution in [0.15, 0.2) is 60.7 Å². The molecular weight excluding hydrogens is 360 g/mol. The molecule has 0 saturated carbocycles. The first-order valence-corrected chi connectivity index (χ1v) is 10.2. The molecule has 29 heavy (non-hydrogen) atoms. The van der Waals surface area contributed by atoms with Crippen molar-refractivity contribution < 1.29 is 15.3 Å². The lowest BCUT2D eigenvalue weighted by atomic mass is 10.0. The van der Waals surface area contributed by atoms with Crippen LogP contribution in [0.25, 0.3) is 17.7 Å². The van der Waals surface area contributed by atoms with Gasteiger partial charge in [0.2, 0.25) is 0 Å². The van der Waals surface area contributed by atoms with Gasteiger partial charge in [0.05, 0.1) is 19.3 Å². The second-order valence-corrected chi connectivity index (χ2v) is 7.25. The highest BCUT2D eigenvalue weighted by molar-refractivity contribution is 5.73. The molecule has 3 heteroatoms. The Morgan fingerprint density at radius 2 is 1.69 bits per heavy atom. The van der Waals surface area contributed by atoms with Crippen molar-refractivity contribution in [3.63, 3.8) is 0 Å². The maximum absolute atomic E-state index is 9.90. The SMILES string of the molecule is CCCCC(O)C=CC=C(C)c1cccc(C=Cc2ccc(CO)c(CO)c2)c1. The maximum atomic E-state index is 9.90. The highest BCUT2D eigenvalue weighted by Gasteiger charge is 2.01. The summed E-state index contributed by atoms with van der Waals surface area (Å²) in [5, 5.41) is 28.7. The van der Waals surface area contributed by atoms with Crippen molar-refractivity contribution in [2.45, 2.75) is 52.4 Å². The number of hydrogen-bond acceptors (Lipinski definition) is 3. The lowest BCUT2D eigenvalue weighted by Crippen LogP contribution is -2.00. The number of rotatable bonds is 10. The number of hydrogen-bond donors (Lipinski definition) is 3. The Balaban J connectivity index is 2.09. The van der Waals surface area contributed by atoms with Crippen molar-refractivity contribution >= 4 is 17.7 Å². The van der Waals surface area contributed by atoms with Crippen LogP contribution in [0, 0.1) is 0 Å². The third kappa shape index (κ3) is 7.47. The van der Waals surface area contributed by atoms with Gasteiger partial charge in [0.1, 0.15) is 0 Å². The van der Waals surface area contributed by atoms with E-state index in [2.05, 4.69) is 26.0 Å². The normalized spacial score (nSPS) is 13.5. The van der Waals surface area contributed by atoms with Crippen molar-refractivity contribution in [2.24, 2.45) is 0 Å². The van der Waals surface area contributed by atoms with Crippen LogP contribution in [0.1, 0.15) is 60.9 Å². The molecule has 1 atom stereocenters. The smallest absolute Gasteiger partial charge is 0.0723 e. The van der Waals surface area contributed by atoms with Crippen LogP contribution < -0.4 is 0 Å². The molecule has 0 bridgehead atoms. The molecule has 0 heterocycles. The summed E-state index contributed by atoms with van der Waals surface area (Å²) in [6.45, 7) is 4.03. The molecule has 0 spiro atoms. The lowest BCUT2D eigenvalue weighted by Gasteiger charge is -2.06. The molecule has 0 saturated heterocycles. The summed E-state index contributed by atoms with van der Waals surface area (Å²) < 4.78 is 0. The van der Waals surface area contributed by atoms with E-state index in [-0.39, 0.29) is 19.3 Å². The van der Waals surface area contributed by atoms with Gasteiger partial charge in [0, 0.05) is 0 Å². The van der Waals surface area contributed by atoms with Gasteiger partial charge in [-0.25, -0.2) is 0 Å². The zero-order valence-corrected chi connectivity index (χ0v) is 17.4. The minimum atomic E-state index is -0.380. The molecule has 0 amide bonds. The van der Waals surface area contributed by atoms with Gasteiger partial charge < -0.3 is 15.3 Å². The Kier molecular flexibility index (Phi) is 9.58. The number of unbranched alkanes of at least 4 members (excludes halogenated alkanes) is 1. The van der Waals surface area contributed by atoms with Gasteiger partial charge in [0.15, 0.2) is 0 Å². The fourth-order valence-corrected chi connectivity index (χ4v) is 3.06. The predicted molar refractivity (Wildman–Crippen MR) is 122 cm³/mol. The van der Waals surface area contributed by atoms with Crippen LogP contribution in [0.4, 0.5) is 0 Å². The third-order valence-corrected chi connectivity index (χ3v) is 4.91. The van der Waals surface area contributed by atoms with E-state index >= 15 is 0 Å². The number of allylic oxidation sites excluding steroid dienone is 3. The molecule has 0 aliphatic carbocycles. The van der Waals surface area contributed by atoms with Gasteiger partial charge in [-0.1, -0.05) is 80.5 Å². The van der Waals surface area contributed by atoms with E-state index < -0.39 is 0 Å². The number of benzene rings is 2. The van der Waals surface area contributed by atoms with E-state index in [1.807, 2.05) is 60.7 Å². The van der Waals surface area contributed by atoms with Crippen molar-refractivity contribution in [3.8, 4) is 0 Å². The molecule has 0 aliphatic rings. The van der Waals surface area contributed by atoms with Gasteiger partial charge in [0.25, 0.3) is 0 Å². The summed E-state index contributed by atoms with van der Waals surface area (Å²) >= 11 is 0. The molecule has 1 unspecified atom stereocenters. The third-order valence-electron chi connectivity index (χ3n) is 4.91. The zero-order chi connectivity index (χ0) is 21.1. The average molecular weight is 393 g/mol. The first kappa shape index (κ1) is 22.8. The summed E-state index contributed by atoms with van der Waals surface area (Å²) in [6, 6.07) is 13.9. The summed E-state index contributed by atoms with van der Waals surface area (Å²) in [5.74, 6) is 0. The van der Waals surface area contributed by atoms with E-state index in [0.29, 0.717) is 0 Å². The van der Waals surface area contributed by atoms with Gasteiger partial charge in [-0.3, -0.25) is 0 Å². The van der Waals surface area contributed by atoms with Gasteiger partial charge in [-0.05, 0) is 58.9 Å². The summed E-state index contributed by atoms with van der Waals surface area (Å²) in [6.07, 6.45) is 12.4. The molecule has 0 aliphatic heterocycles. The van der Waals surface area contributed by atoms with E-state index in [1.165, 1.54) is 0 Å². The lowest BCUT2D eigenvalue weighted by molar-refractivity contribution is 0.209. The van der Waals surface area contributed by atoms with Crippen LogP contribution in [0.5, 0.6) is 0 Å². The van der Waals surface area contributed by atoms with E-state index in [1.54, 1.807) is 0 Å². The fraction of sp³-hybridized carbons (Fsp3) is 0.308. The Bertz CT molecular complexity index is 862. The van der Waals surface area contributed by atoms with E-state index in [9.17, 15) is 15.3 Å². The average Bonchev–Trinajstić information content (AvgIpc) is 2.76. The standard InChI is InChI=1S/C26H32O3/c1-3-4-10-26(29)11-5-7-20(2)23-9-6-8-21(16-23)12-13-22-14-15-24(18-27)25(17-22)19-28/h5-9,11-17,26-29H,3-4,10,18-19H2,1-2H3. The molecule has 2 rings (SSSR count). The summed E-state index contributed by atoms with van der Waals surface area (Å²) in [4.78, 5) is 0. The molecule has 2 aromatic rings. The summed E-state index contributed by atoms with van der Waals surface area (Å²) in [5.41, 5.74) is 5.82. The van der Waals surface area contributed by atoms with Crippen LogP contribution >= 0.6 is 0 Å². The molecule has 0 aromatic heterocycles. The molecule has 3 nitrogen and oxygen atoms in total. The molecule has 154 valence electrons. The van der Waals surface area contributed by atoms with Crippen molar-refractivity contribution in [1.29, 1.82) is 0 Å². The van der Waals surface area contributed by atoms with Gasteiger partial charge in [-0.2, -0.15) is 0 Å². The van der Waals surface area contributed by atoms with Crippen LogP contribution in [0.2, 0.25) is 0 Å². The van der Waals surface area contributed by atoms with Crippen LogP contribution in [-0.2, 0) is 13.2 Å². The largest absolute Gasteiger partial charge is 0.392 e. The van der Waals surface area contributed by atoms with Crippen LogP contribution in [-0.4, -0.2) is 21.4 Å². The monoisotopic (exact) mass is 392 g/mol. The second-order valence-electron chi connectivity index (χ2n) is 7.25. The molecule has 0 fully saturated rings. The Morgan fingerprint density at radius 3 is 2.38 bits per heavy atom.